The molecule has 84 valence electrons. The Morgan fingerprint density at radius 1 is 1.50 bits per heavy atom. The Balaban J connectivity index is 3.84. The van der Waals surface area contributed by atoms with Gasteiger partial charge in [-0.25, -0.2) is 0 Å². The number of amides is 1. The summed E-state index contributed by atoms with van der Waals surface area (Å²) in [6, 6.07) is 0.248. The molecule has 2 atom stereocenters. The molecule has 0 saturated carbocycles. The lowest BCUT2D eigenvalue weighted by molar-refractivity contribution is -0.131. The molecule has 0 radical (unpaired) electrons. The van der Waals surface area contributed by atoms with Gasteiger partial charge in [0.25, 0.3) is 0 Å². The third kappa shape index (κ3) is 4.58. The van der Waals surface area contributed by atoms with Crippen LogP contribution in [0.15, 0.2) is 0 Å². The van der Waals surface area contributed by atoms with Gasteiger partial charge in [0.1, 0.15) is 0 Å². The first kappa shape index (κ1) is 13.4. The van der Waals surface area contributed by atoms with Crippen LogP contribution >= 0.6 is 0 Å². The maximum atomic E-state index is 11.5. The van der Waals surface area contributed by atoms with Gasteiger partial charge in [-0.05, 0) is 20.3 Å². The second kappa shape index (κ2) is 6.79. The Hall–Kier alpha value is -0.610. The minimum Gasteiger partial charge on any atom is -0.394 e. The van der Waals surface area contributed by atoms with Crippen LogP contribution in [0.5, 0.6) is 0 Å². The van der Waals surface area contributed by atoms with Crippen LogP contribution < -0.4 is 5.32 Å². The standard InChI is InChI=1S/C10H22N2O2/c1-5-8(2)11-6-10(14)12(4)9(3)7-13/h8-9,11,13H,5-7H2,1-4H3. The van der Waals surface area contributed by atoms with Crippen molar-refractivity contribution in [3.8, 4) is 0 Å². The molecule has 4 nitrogen and oxygen atoms in total. The number of nitrogens with one attached hydrogen (secondary N) is 1. The Morgan fingerprint density at radius 3 is 2.50 bits per heavy atom. The molecule has 0 aliphatic rings. The highest BCUT2D eigenvalue weighted by atomic mass is 16.3. The fourth-order valence-corrected chi connectivity index (χ4v) is 0.899. The van der Waals surface area contributed by atoms with Crippen LogP contribution in [0, 0.1) is 0 Å². The molecular formula is C10H22N2O2. The minimum atomic E-state index is -0.110. The number of hydrogen-bond acceptors (Lipinski definition) is 3. The SMILES string of the molecule is CCC(C)NCC(=O)N(C)C(C)CO. The maximum absolute atomic E-state index is 11.5. The van der Waals surface area contributed by atoms with Crippen molar-refractivity contribution in [3.05, 3.63) is 0 Å². The lowest BCUT2D eigenvalue weighted by Gasteiger charge is -2.24. The van der Waals surface area contributed by atoms with E-state index in [0.29, 0.717) is 12.6 Å². The number of carbonyl (C=O) groups excluding carboxylic acids is 1. The Kier molecular flexibility index (Phi) is 6.49. The van der Waals surface area contributed by atoms with E-state index in [1.54, 1.807) is 11.9 Å². The molecule has 0 bridgehead atoms. The zero-order valence-corrected chi connectivity index (χ0v) is 9.58. The maximum Gasteiger partial charge on any atom is 0.236 e. The Morgan fingerprint density at radius 2 is 2.07 bits per heavy atom. The fraction of sp³-hybridized carbons (Fsp3) is 0.900. The molecule has 4 heteroatoms. The summed E-state index contributed by atoms with van der Waals surface area (Å²) in [5.74, 6) is 0.0202. The summed E-state index contributed by atoms with van der Waals surface area (Å²) < 4.78 is 0. The molecular weight excluding hydrogens is 180 g/mol. The molecule has 1 amide bonds. The van der Waals surface area contributed by atoms with Crippen LogP contribution in [0.1, 0.15) is 27.2 Å². The second-order valence-corrected chi connectivity index (χ2v) is 3.73. The van der Waals surface area contributed by atoms with Crippen molar-refractivity contribution in [2.75, 3.05) is 20.2 Å². The zero-order chi connectivity index (χ0) is 11.1. The van der Waals surface area contributed by atoms with Gasteiger partial charge in [-0.3, -0.25) is 4.79 Å². The van der Waals surface area contributed by atoms with Crippen LogP contribution in [0.2, 0.25) is 0 Å². The van der Waals surface area contributed by atoms with Crippen LogP contribution in [-0.2, 0) is 4.79 Å². The summed E-state index contributed by atoms with van der Waals surface area (Å²) in [5.41, 5.74) is 0. The molecule has 2 N–H and O–H groups in total. The number of rotatable bonds is 6. The number of likely N-dealkylation sites (N-methyl/N-ethyl adjacent to an activating group) is 1. The number of aliphatic hydroxyl groups excluding tert-OH is 1. The van der Waals surface area contributed by atoms with Crippen LogP contribution in [0.25, 0.3) is 0 Å². The first-order valence-electron chi connectivity index (χ1n) is 5.12. The summed E-state index contributed by atoms with van der Waals surface area (Å²) in [6.07, 6.45) is 1.01. The lowest BCUT2D eigenvalue weighted by atomic mass is 10.2. The van der Waals surface area contributed by atoms with Gasteiger partial charge in [0.15, 0.2) is 0 Å². The van der Waals surface area contributed by atoms with Crippen molar-refractivity contribution in [2.24, 2.45) is 0 Å². The zero-order valence-electron chi connectivity index (χ0n) is 9.58. The summed E-state index contributed by atoms with van der Waals surface area (Å²) in [5, 5.41) is 12.0. The Labute approximate surface area is 86.3 Å². The van der Waals surface area contributed by atoms with E-state index in [0.717, 1.165) is 6.42 Å². The summed E-state index contributed by atoms with van der Waals surface area (Å²) in [7, 11) is 1.71. The van der Waals surface area contributed by atoms with Crippen molar-refractivity contribution < 1.29 is 9.90 Å². The number of aliphatic hydroxyl groups is 1. The molecule has 0 aromatic heterocycles. The molecule has 0 aliphatic heterocycles. The van der Waals surface area contributed by atoms with Gasteiger partial charge in [0, 0.05) is 13.1 Å². The van der Waals surface area contributed by atoms with Gasteiger partial charge in [0.05, 0.1) is 19.2 Å². The number of nitrogens with zero attached hydrogens (tertiary/aromatic N) is 1. The Bertz CT molecular complexity index is 174. The van der Waals surface area contributed by atoms with Gasteiger partial charge in [-0.1, -0.05) is 6.92 Å². The molecule has 0 aromatic rings. The molecule has 0 aliphatic carbocycles. The van der Waals surface area contributed by atoms with E-state index >= 15 is 0 Å². The van der Waals surface area contributed by atoms with Crippen molar-refractivity contribution in [2.45, 2.75) is 39.3 Å². The molecule has 0 rings (SSSR count). The monoisotopic (exact) mass is 202 g/mol. The summed E-state index contributed by atoms with van der Waals surface area (Å²) in [6.45, 7) is 6.29. The van der Waals surface area contributed by atoms with E-state index in [4.69, 9.17) is 5.11 Å². The van der Waals surface area contributed by atoms with Gasteiger partial charge in [0.2, 0.25) is 5.91 Å². The van der Waals surface area contributed by atoms with E-state index in [2.05, 4.69) is 12.2 Å². The lowest BCUT2D eigenvalue weighted by Crippen LogP contribution is -2.43. The van der Waals surface area contributed by atoms with E-state index in [1.165, 1.54) is 0 Å². The molecule has 0 heterocycles. The van der Waals surface area contributed by atoms with E-state index in [-0.39, 0.29) is 18.6 Å². The smallest absolute Gasteiger partial charge is 0.236 e. The molecule has 0 fully saturated rings. The highest BCUT2D eigenvalue weighted by molar-refractivity contribution is 5.78. The third-order valence-electron chi connectivity index (χ3n) is 2.53. The minimum absolute atomic E-state index is 0.00553. The molecule has 0 saturated heterocycles. The van der Waals surface area contributed by atoms with Crippen molar-refractivity contribution in [1.82, 2.24) is 10.2 Å². The molecule has 0 aromatic carbocycles. The van der Waals surface area contributed by atoms with Crippen molar-refractivity contribution in [1.29, 1.82) is 0 Å². The summed E-state index contributed by atoms with van der Waals surface area (Å²) >= 11 is 0. The average Bonchev–Trinajstić information content (AvgIpc) is 2.22. The fourth-order valence-electron chi connectivity index (χ4n) is 0.899. The van der Waals surface area contributed by atoms with Crippen LogP contribution in [-0.4, -0.2) is 48.2 Å². The first-order chi connectivity index (χ1) is 6.52. The highest BCUT2D eigenvalue weighted by Gasteiger charge is 2.14. The molecule has 0 spiro atoms. The van der Waals surface area contributed by atoms with Crippen molar-refractivity contribution in [3.63, 3.8) is 0 Å². The van der Waals surface area contributed by atoms with Crippen molar-refractivity contribution >= 4 is 5.91 Å². The highest BCUT2D eigenvalue weighted by Crippen LogP contribution is 1.95. The molecule has 2 unspecified atom stereocenters. The largest absolute Gasteiger partial charge is 0.394 e. The van der Waals surface area contributed by atoms with Gasteiger partial charge >= 0.3 is 0 Å². The number of carbonyl (C=O) groups is 1. The second-order valence-electron chi connectivity index (χ2n) is 3.73. The predicted octanol–water partition coefficient (Wildman–Crippen LogP) is 0.214. The quantitative estimate of drug-likeness (QED) is 0.647. The third-order valence-corrected chi connectivity index (χ3v) is 2.53. The van der Waals surface area contributed by atoms with Gasteiger partial charge in [-0.15, -0.1) is 0 Å². The van der Waals surface area contributed by atoms with E-state index in [1.807, 2.05) is 13.8 Å². The summed E-state index contributed by atoms with van der Waals surface area (Å²) in [4.78, 5) is 13.1. The van der Waals surface area contributed by atoms with Gasteiger partial charge < -0.3 is 15.3 Å². The van der Waals surface area contributed by atoms with Gasteiger partial charge in [-0.2, -0.15) is 0 Å². The first-order valence-corrected chi connectivity index (χ1v) is 5.12. The molecule has 14 heavy (non-hydrogen) atoms. The van der Waals surface area contributed by atoms with E-state index in [9.17, 15) is 4.79 Å². The van der Waals surface area contributed by atoms with Crippen LogP contribution in [0.4, 0.5) is 0 Å². The van der Waals surface area contributed by atoms with E-state index < -0.39 is 0 Å². The number of hydrogen-bond donors (Lipinski definition) is 2. The normalized spacial score (nSPS) is 14.9. The average molecular weight is 202 g/mol. The van der Waals surface area contributed by atoms with Crippen LogP contribution in [0.3, 0.4) is 0 Å². The topological polar surface area (TPSA) is 52.6 Å². The predicted molar refractivity (Wildman–Crippen MR) is 57.1 cm³/mol.